The van der Waals surface area contributed by atoms with Gasteiger partial charge in [-0.1, -0.05) is 32.1 Å². The largest absolute Gasteiger partial charge is 0.353 e. The molecule has 0 aromatic rings. The highest BCUT2D eigenvalue weighted by atomic mass is 19.3. The van der Waals surface area contributed by atoms with E-state index in [1.54, 1.807) is 6.92 Å². The summed E-state index contributed by atoms with van der Waals surface area (Å²) in [5.41, 5.74) is 2.47. The van der Waals surface area contributed by atoms with Crippen LogP contribution in [0, 0.1) is 23.2 Å². The Morgan fingerprint density at radius 2 is 1.67 bits per heavy atom. The number of allylic oxidation sites excluding steroid dienone is 4. The molecule has 3 unspecified atom stereocenters. The molecular formula is C41H66F2O6. The predicted octanol–water partition coefficient (Wildman–Crippen LogP) is 10.5. The highest BCUT2D eigenvalue weighted by Gasteiger charge is 2.52. The topological polar surface area (TPSA) is 55.4 Å². The summed E-state index contributed by atoms with van der Waals surface area (Å²) in [4.78, 5) is 0. The first kappa shape index (κ1) is 39.1. The van der Waals surface area contributed by atoms with Crippen molar-refractivity contribution in [3.8, 4) is 0 Å². The predicted molar refractivity (Wildman–Crippen MR) is 189 cm³/mol. The van der Waals surface area contributed by atoms with Gasteiger partial charge in [0.25, 0.3) is 5.92 Å². The molecule has 8 heteroatoms. The summed E-state index contributed by atoms with van der Waals surface area (Å²) in [5, 5.41) is 0. The van der Waals surface area contributed by atoms with Crippen LogP contribution in [0.4, 0.5) is 8.78 Å². The molecule has 49 heavy (non-hydrogen) atoms. The van der Waals surface area contributed by atoms with Gasteiger partial charge < -0.3 is 28.4 Å². The highest BCUT2D eigenvalue weighted by molar-refractivity contribution is 5.37. The van der Waals surface area contributed by atoms with E-state index in [9.17, 15) is 0 Å². The lowest BCUT2D eigenvalue weighted by molar-refractivity contribution is -0.264. The van der Waals surface area contributed by atoms with Crippen LogP contribution in [0.25, 0.3) is 0 Å². The fraction of sp³-hybridized carbons (Fsp3) is 0.854. The molecule has 5 aliphatic rings. The minimum Gasteiger partial charge on any atom is -0.353 e. The van der Waals surface area contributed by atoms with E-state index in [0.717, 1.165) is 90.3 Å². The molecule has 3 fully saturated rings. The Hall–Kier alpha value is -1.16. The average molecular weight is 693 g/mol. The van der Waals surface area contributed by atoms with E-state index in [0.29, 0.717) is 24.9 Å². The third kappa shape index (κ3) is 9.64. The van der Waals surface area contributed by atoms with Gasteiger partial charge in [-0.2, -0.15) is 0 Å². The average Bonchev–Trinajstić information content (AvgIpc) is 3.42. The third-order valence-corrected chi connectivity index (χ3v) is 12.5. The molecule has 6 nitrogen and oxygen atoms in total. The van der Waals surface area contributed by atoms with Crippen molar-refractivity contribution in [3.63, 3.8) is 0 Å². The number of hydrogen-bond acceptors (Lipinski definition) is 6. The zero-order valence-electron chi connectivity index (χ0n) is 31.6. The van der Waals surface area contributed by atoms with Crippen LogP contribution >= 0.6 is 0 Å². The van der Waals surface area contributed by atoms with E-state index < -0.39 is 17.8 Å². The molecule has 0 radical (unpaired) electrons. The summed E-state index contributed by atoms with van der Waals surface area (Å²) in [6.07, 6.45) is 18.8. The lowest BCUT2D eigenvalue weighted by Gasteiger charge is -2.43. The molecule has 280 valence electrons. The van der Waals surface area contributed by atoms with Crippen LogP contribution in [0.5, 0.6) is 0 Å². The maximum Gasteiger partial charge on any atom is 0.276 e. The van der Waals surface area contributed by atoms with Crippen LogP contribution in [-0.2, 0) is 28.4 Å². The van der Waals surface area contributed by atoms with Gasteiger partial charge in [-0.25, -0.2) is 8.78 Å². The molecule has 9 atom stereocenters. The summed E-state index contributed by atoms with van der Waals surface area (Å²) in [5.74, 6) is -1.90. The summed E-state index contributed by atoms with van der Waals surface area (Å²) in [6.45, 7) is 15.3. The quantitative estimate of drug-likeness (QED) is 0.159. The second-order valence-electron chi connectivity index (χ2n) is 16.3. The lowest BCUT2D eigenvalue weighted by atomic mass is 9.62. The van der Waals surface area contributed by atoms with Crippen molar-refractivity contribution in [2.75, 3.05) is 19.8 Å². The Labute approximate surface area is 295 Å². The monoisotopic (exact) mass is 692 g/mol. The molecule has 2 heterocycles. The van der Waals surface area contributed by atoms with E-state index in [1.165, 1.54) is 30.6 Å². The van der Waals surface area contributed by atoms with Gasteiger partial charge >= 0.3 is 0 Å². The van der Waals surface area contributed by atoms with Crippen molar-refractivity contribution < 1.29 is 37.2 Å². The first-order valence-corrected chi connectivity index (χ1v) is 19.6. The summed E-state index contributed by atoms with van der Waals surface area (Å²) in [7, 11) is 0. The second-order valence-corrected chi connectivity index (χ2v) is 16.3. The number of rotatable bonds is 15. The maximum atomic E-state index is 15.5. The number of hydrogen-bond donors (Lipinski definition) is 0. The molecule has 5 rings (SSSR count). The minimum atomic E-state index is -2.95. The standard InChI is InChI=1S/C41H66F2O6/c1-8-44-30(4)49-39(5,6)41(42,43)23-21-28(2)34-19-20-35-31(14-13-22-40(34,35)7)17-18-32-26-33(47-37-15-9-11-24-45-37)27-36(29(32)3)48-38-16-10-12-25-46-38/h14,17-18,28,30,33-38H,8-13,15-16,19-27H2,1-7H3/b18-17-/t28-,30?,33-,34-,35+,36+,37?,38?,40-/m1/s1. The number of fused-ring (bicyclic) bond motifs is 1. The van der Waals surface area contributed by atoms with Crippen molar-refractivity contribution in [2.45, 2.75) is 181 Å². The smallest absolute Gasteiger partial charge is 0.276 e. The van der Waals surface area contributed by atoms with Gasteiger partial charge in [-0.15, -0.1) is 0 Å². The first-order chi connectivity index (χ1) is 23.3. The first-order valence-electron chi connectivity index (χ1n) is 19.6. The Balaban J connectivity index is 1.25. The Morgan fingerprint density at radius 1 is 0.980 bits per heavy atom. The zero-order valence-corrected chi connectivity index (χ0v) is 31.6. The molecule has 0 spiro atoms. The second kappa shape index (κ2) is 17.1. The van der Waals surface area contributed by atoms with Gasteiger partial charge in [0.05, 0.1) is 12.2 Å². The van der Waals surface area contributed by atoms with Crippen LogP contribution in [-0.4, -0.2) is 62.4 Å². The van der Waals surface area contributed by atoms with Gasteiger partial charge in [0.2, 0.25) is 0 Å². The Bertz CT molecular complexity index is 1150. The highest BCUT2D eigenvalue weighted by Crippen LogP contribution is 2.59. The normalized spacial score (nSPS) is 34.6. The maximum absolute atomic E-state index is 15.5. The van der Waals surface area contributed by atoms with Gasteiger partial charge in [-0.05, 0) is 152 Å². The molecular weight excluding hydrogens is 626 g/mol. The van der Waals surface area contributed by atoms with Crippen molar-refractivity contribution >= 4 is 0 Å². The van der Waals surface area contributed by atoms with Crippen LogP contribution in [0.1, 0.15) is 138 Å². The number of alkyl halides is 2. The van der Waals surface area contributed by atoms with Crippen molar-refractivity contribution in [1.29, 1.82) is 0 Å². The lowest BCUT2D eigenvalue weighted by Crippen LogP contribution is -2.48. The fourth-order valence-electron chi connectivity index (χ4n) is 9.47. The molecule has 0 aromatic heterocycles. The minimum absolute atomic E-state index is 0.0386. The van der Waals surface area contributed by atoms with E-state index in [2.05, 4.69) is 39.0 Å². The SMILES string of the molecule is CCOC(C)OC(C)(C)C(F)(F)CC[C@@H](C)[C@H]1CC[C@H]2C(/C=C\C3=C(C)[C@@H](OC4CCCCO4)C[C@H](OC4CCCCO4)C3)=CCC[C@]12C. The van der Waals surface area contributed by atoms with Gasteiger partial charge in [0.1, 0.15) is 5.60 Å². The molecule has 0 amide bonds. The van der Waals surface area contributed by atoms with Crippen LogP contribution in [0.2, 0.25) is 0 Å². The van der Waals surface area contributed by atoms with E-state index >= 15 is 8.78 Å². The Morgan fingerprint density at radius 3 is 2.33 bits per heavy atom. The summed E-state index contributed by atoms with van der Waals surface area (Å²) >= 11 is 0. The third-order valence-electron chi connectivity index (χ3n) is 12.5. The zero-order chi connectivity index (χ0) is 35.2. The molecule has 0 aromatic carbocycles. The molecule has 2 aliphatic heterocycles. The van der Waals surface area contributed by atoms with Gasteiger partial charge in [-0.3, -0.25) is 0 Å². The molecule has 2 saturated heterocycles. The van der Waals surface area contributed by atoms with Crippen molar-refractivity contribution in [2.24, 2.45) is 23.2 Å². The van der Waals surface area contributed by atoms with Crippen LogP contribution in [0.3, 0.4) is 0 Å². The molecule has 3 aliphatic carbocycles. The molecule has 0 N–H and O–H groups in total. The van der Waals surface area contributed by atoms with E-state index in [-0.39, 0.29) is 42.5 Å². The fourth-order valence-corrected chi connectivity index (χ4v) is 9.47. The molecule has 1 saturated carbocycles. The number of halogens is 2. The van der Waals surface area contributed by atoms with Crippen molar-refractivity contribution in [1.82, 2.24) is 0 Å². The van der Waals surface area contributed by atoms with Gasteiger partial charge in [0.15, 0.2) is 18.9 Å². The molecule has 0 bridgehead atoms. The van der Waals surface area contributed by atoms with E-state index in [4.69, 9.17) is 28.4 Å². The summed E-state index contributed by atoms with van der Waals surface area (Å²) < 4.78 is 67.2. The summed E-state index contributed by atoms with van der Waals surface area (Å²) in [6, 6.07) is 0. The number of ether oxygens (including phenoxy) is 6. The Kier molecular flexibility index (Phi) is 13.6. The van der Waals surface area contributed by atoms with Gasteiger partial charge in [0, 0.05) is 32.7 Å². The van der Waals surface area contributed by atoms with Crippen LogP contribution < -0.4 is 0 Å². The van der Waals surface area contributed by atoms with Crippen molar-refractivity contribution in [3.05, 3.63) is 34.9 Å². The van der Waals surface area contributed by atoms with Crippen LogP contribution in [0.15, 0.2) is 34.9 Å². The van der Waals surface area contributed by atoms with E-state index in [1.807, 2.05) is 6.92 Å².